The van der Waals surface area contributed by atoms with Gasteiger partial charge in [0.25, 0.3) is 0 Å². The van der Waals surface area contributed by atoms with Crippen molar-refractivity contribution in [2.45, 2.75) is 25.9 Å². The molecule has 9 nitrogen and oxygen atoms in total. The first-order valence-corrected chi connectivity index (χ1v) is 9.99. The normalized spacial score (nSPS) is 10.4. The standard InChI is InChI=1S/C17H20N4O5S2/c1-5-26-15(23)10-6-19-17(21-13(10)18)27-7-11(22)20-14-12(16(24)25-4)8(2)9(3)28-14/h6H,5,7H2,1-4H3,(H,20,22)(H2,18,19,21). The Morgan fingerprint density at radius 2 is 2.00 bits per heavy atom. The highest BCUT2D eigenvalue weighted by Crippen LogP contribution is 2.33. The monoisotopic (exact) mass is 424 g/mol. The van der Waals surface area contributed by atoms with Gasteiger partial charge >= 0.3 is 11.9 Å². The van der Waals surface area contributed by atoms with Gasteiger partial charge in [0.1, 0.15) is 16.4 Å². The van der Waals surface area contributed by atoms with E-state index in [1.807, 2.05) is 6.92 Å². The molecule has 0 unspecified atom stereocenters. The molecule has 2 aromatic rings. The Morgan fingerprint density at radius 1 is 1.29 bits per heavy atom. The average molecular weight is 425 g/mol. The van der Waals surface area contributed by atoms with Gasteiger partial charge in [0.2, 0.25) is 5.91 Å². The topological polar surface area (TPSA) is 134 Å². The number of nitrogens with one attached hydrogen (secondary N) is 1. The van der Waals surface area contributed by atoms with Crippen molar-refractivity contribution in [2.24, 2.45) is 0 Å². The number of ether oxygens (including phenoxy) is 2. The first-order valence-electron chi connectivity index (χ1n) is 8.19. The van der Waals surface area contributed by atoms with E-state index in [4.69, 9.17) is 15.2 Å². The second kappa shape index (κ2) is 9.51. The van der Waals surface area contributed by atoms with E-state index in [0.717, 1.165) is 22.2 Å². The molecular formula is C17H20N4O5S2. The molecule has 2 rings (SSSR count). The third kappa shape index (κ3) is 4.98. The summed E-state index contributed by atoms with van der Waals surface area (Å²) in [6, 6.07) is 0. The van der Waals surface area contributed by atoms with Crippen LogP contribution in [0.25, 0.3) is 0 Å². The molecule has 0 bridgehead atoms. The van der Waals surface area contributed by atoms with Gasteiger partial charge in [-0.05, 0) is 26.3 Å². The number of nitrogen functional groups attached to an aromatic ring is 1. The quantitative estimate of drug-likeness (QED) is 0.390. The van der Waals surface area contributed by atoms with E-state index in [0.29, 0.717) is 10.6 Å². The number of carbonyl (C=O) groups is 3. The molecule has 150 valence electrons. The molecule has 0 aromatic carbocycles. The van der Waals surface area contributed by atoms with Crippen LogP contribution in [-0.2, 0) is 14.3 Å². The highest BCUT2D eigenvalue weighted by Gasteiger charge is 2.22. The molecule has 0 saturated carbocycles. The van der Waals surface area contributed by atoms with E-state index in [1.165, 1.54) is 24.6 Å². The number of rotatable bonds is 7. The molecule has 0 spiro atoms. The van der Waals surface area contributed by atoms with Crippen molar-refractivity contribution in [1.29, 1.82) is 0 Å². The van der Waals surface area contributed by atoms with Gasteiger partial charge in [-0.15, -0.1) is 11.3 Å². The summed E-state index contributed by atoms with van der Waals surface area (Å²) in [6.07, 6.45) is 1.27. The maximum absolute atomic E-state index is 12.3. The SMILES string of the molecule is CCOC(=O)c1cnc(SCC(=O)Nc2sc(C)c(C)c2C(=O)OC)nc1N. The summed E-state index contributed by atoms with van der Waals surface area (Å²) >= 11 is 2.35. The third-order valence-electron chi connectivity index (χ3n) is 3.65. The van der Waals surface area contributed by atoms with Gasteiger partial charge in [-0.25, -0.2) is 19.6 Å². The predicted molar refractivity (Wildman–Crippen MR) is 107 cm³/mol. The fourth-order valence-electron chi connectivity index (χ4n) is 2.17. The lowest BCUT2D eigenvalue weighted by Crippen LogP contribution is -2.16. The van der Waals surface area contributed by atoms with Crippen LogP contribution in [0.1, 0.15) is 38.1 Å². The first-order chi connectivity index (χ1) is 13.3. The number of methoxy groups -OCH3 is 1. The van der Waals surface area contributed by atoms with Crippen molar-refractivity contribution in [1.82, 2.24) is 9.97 Å². The van der Waals surface area contributed by atoms with Crippen LogP contribution in [0.5, 0.6) is 0 Å². The Morgan fingerprint density at radius 3 is 2.61 bits per heavy atom. The number of esters is 2. The predicted octanol–water partition coefficient (Wildman–Crippen LogP) is 2.43. The molecule has 0 aliphatic heterocycles. The Hall–Kier alpha value is -2.66. The van der Waals surface area contributed by atoms with Crippen LogP contribution in [-0.4, -0.2) is 47.3 Å². The number of aryl methyl sites for hydroxylation is 1. The summed E-state index contributed by atoms with van der Waals surface area (Å²) < 4.78 is 9.64. The Kier molecular flexibility index (Phi) is 7.35. The second-order valence-corrected chi connectivity index (χ2v) is 7.66. The highest BCUT2D eigenvalue weighted by atomic mass is 32.2. The van der Waals surface area contributed by atoms with E-state index < -0.39 is 11.9 Å². The molecule has 0 aliphatic carbocycles. The molecule has 2 aromatic heterocycles. The molecule has 0 fully saturated rings. The fourth-order valence-corrected chi connectivity index (χ4v) is 3.86. The zero-order valence-corrected chi connectivity index (χ0v) is 17.5. The maximum Gasteiger partial charge on any atom is 0.343 e. The van der Waals surface area contributed by atoms with E-state index in [-0.39, 0.29) is 34.8 Å². The molecule has 28 heavy (non-hydrogen) atoms. The Balaban J connectivity index is 2.04. The number of thioether (sulfide) groups is 1. The van der Waals surface area contributed by atoms with Crippen molar-refractivity contribution < 1.29 is 23.9 Å². The summed E-state index contributed by atoms with van der Waals surface area (Å²) in [5, 5.41) is 3.39. The number of aromatic nitrogens is 2. The smallest absolute Gasteiger partial charge is 0.343 e. The lowest BCUT2D eigenvalue weighted by molar-refractivity contribution is -0.113. The highest BCUT2D eigenvalue weighted by molar-refractivity contribution is 7.99. The molecule has 2 heterocycles. The van der Waals surface area contributed by atoms with Gasteiger partial charge in [-0.2, -0.15) is 0 Å². The Bertz CT molecular complexity index is 913. The van der Waals surface area contributed by atoms with Gasteiger partial charge in [-0.3, -0.25) is 4.79 Å². The zero-order valence-electron chi connectivity index (χ0n) is 15.8. The summed E-state index contributed by atoms with van der Waals surface area (Å²) in [6.45, 7) is 5.55. The fraction of sp³-hybridized carbons (Fsp3) is 0.353. The molecule has 1 amide bonds. The molecule has 0 atom stereocenters. The summed E-state index contributed by atoms with van der Waals surface area (Å²) in [7, 11) is 1.29. The van der Waals surface area contributed by atoms with Crippen molar-refractivity contribution in [3.05, 3.63) is 27.8 Å². The average Bonchev–Trinajstić information content (AvgIpc) is 2.93. The van der Waals surface area contributed by atoms with Gasteiger partial charge < -0.3 is 20.5 Å². The van der Waals surface area contributed by atoms with Crippen LogP contribution in [0.15, 0.2) is 11.4 Å². The molecule has 11 heteroatoms. The number of hydrogen-bond acceptors (Lipinski definition) is 10. The van der Waals surface area contributed by atoms with Crippen LogP contribution < -0.4 is 11.1 Å². The lowest BCUT2D eigenvalue weighted by Gasteiger charge is -2.07. The molecule has 3 N–H and O–H groups in total. The van der Waals surface area contributed by atoms with Crippen molar-refractivity contribution in [3.8, 4) is 0 Å². The minimum absolute atomic E-state index is 0.00516. The molecule has 0 aliphatic rings. The van der Waals surface area contributed by atoms with Gasteiger partial charge in [-0.1, -0.05) is 11.8 Å². The summed E-state index contributed by atoms with van der Waals surface area (Å²) in [4.78, 5) is 44.9. The van der Waals surface area contributed by atoms with E-state index in [9.17, 15) is 14.4 Å². The van der Waals surface area contributed by atoms with Crippen molar-refractivity contribution in [2.75, 3.05) is 30.5 Å². The number of thiophene rings is 1. The van der Waals surface area contributed by atoms with Gasteiger partial charge in [0.15, 0.2) is 5.16 Å². The molecule has 0 saturated heterocycles. The minimum atomic E-state index is -0.604. The van der Waals surface area contributed by atoms with Crippen LogP contribution in [0, 0.1) is 13.8 Å². The van der Waals surface area contributed by atoms with Gasteiger partial charge in [0, 0.05) is 11.1 Å². The number of carbonyl (C=O) groups excluding carboxylic acids is 3. The maximum atomic E-state index is 12.3. The largest absolute Gasteiger partial charge is 0.465 e. The second-order valence-electron chi connectivity index (χ2n) is 5.49. The van der Waals surface area contributed by atoms with Crippen LogP contribution in [0.4, 0.5) is 10.8 Å². The summed E-state index contributed by atoms with van der Waals surface area (Å²) in [5.41, 5.74) is 6.95. The van der Waals surface area contributed by atoms with E-state index in [1.54, 1.807) is 13.8 Å². The van der Waals surface area contributed by atoms with E-state index in [2.05, 4.69) is 15.3 Å². The number of hydrogen-bond donors (Lipinski definition) is 2. The third-order valence-corrected chi connectivity index (χ3v) is 5.64. The van der Waals surface area contributed by atoms with Crippen molar-refractivity contribution >= 4 is 51.8 Å². The van der Waals surface area contributed by atoms with Crippen LogP contribution in [0.2, 0.25) is 0 Å². The minimum Gasteiger partial charge on any atom is -0.465 e. The zero-order chi connectivity index (χ0) is 20.8. The van der Waals surface area contributed by atoms with Crippen LogP contribution >= 0.6 is 23.1 Å². The number of nitrogens with two attached hydrogens (primary N) is 1. The first kappa shape index (κ1) is 21.6. The lowest BCUT2D eigenvalue weighted by atomic mass is 10.1. The van der Waals surface area contributed by atoms with Crippen LogP contribution in [0.3, 0.4) is 0 Å². The Labute approximate surface area is 170 Å². The van der Waals surface area contributed by atoms with Crippen molar-refractivity contribution in [3.63, 3.8) is 0 Å². The van der Waals surface area contributed by atoms with Gasteiger partial charge in [0.05, 0.1) is 25.0 Å². The molecule has 0 radical (unpaired) electrons. The number of anilines is 2. The van der Waals surface area contributed by atoms with E-state index >= 15 is 0 Å². The summed E-state index contributed by atoms with van der Waals surface area (Å²) in [5.74, 6) is -1.47. The number of nitrogens with zero attached hydrogens (tertiary/aromatic N) is 2. The molecular weight excluding hydrogens is 404 g/mol. The number of amides is 1.